The molecule has 0 aliphatic rings. The van der Waals surface area contributed by atoms with Gasteiger partial charge in [0.2, 0.25) is 0 Å². The minimum Gasteiger partial charge on any atom is -0.466 e. The van der Waals surface area contributed by atoms with Gasteiger partial charge in [-0.15, -0.1) is 0 Å². The first-order chi connectivity index (χ1) is 8.35. The minimum absolute atomic E-state index is 0.172. The minimum atomic E-state index is -0.523. The lowest BCUT2D eigenvalue weighted by atomic mass is 10.2. The van der Waals surface area contributed by atoms with E-state index in [0.717, 1.165) is 19.3 Å². The normalized spacial score (nSPS) is 10.9. The number of hydrogen-bond donors (Lipinski definition) is 1. The second-order valence-electron chi connectivity index (χ2n) is 5.11. The second kappa shape index (κ2) is 8.78. The van der Waals surface area contributed by atoms with E-state index >= 15 is 0 Å². The molecular weight excluding hydrogens is 234 g/mol. The van der Waals surface area contributed by atoms with Crippen LogP contribution < -0.4 is 5.32 Å². The summed E-state index contributed by atoms with van der Waals surface area (Å²) in [4.78, 5) is 22.5. The van der Waals surface area contributed by atoms with Gasteiger partial charge in [0.25, 0.3) is 0 Å². The lowest BCUT2D eigenvalue weighted by Gasteiger charge is -2.19. The summed E-state index contributed by atoms with van der Waals surface area (Å²) < 4.78 is 10.0. The Morgan fingerprint density at radius 3 is 2.39 bits per heavy atom. The van der Waals surface area contributed by atoms with Crippen LogP contribution in [-0.2, 0) is 14.3 Å². The zero-order valence-corrected chi connectivity index (χ0v) is 11.9. The maximum absolute atomic E-state index is 11.3. The Morgan fingerprint density at radius 2 is 1.83 bits per heavy atom. The first-order valence-corrected chi connectivity index (χ1v) is 6.47. The van der Waals surface area contributed by atoms with Gasteiger partial charge >= 0.3 is 12.1 Å². The molecule has 106 valence electrons. The molecule has 0 saturated heterocycles. The van der Waals surface area contributed by atoms with Gasteiger partial charge in [0.05, 0.1) is 13.0 Å². The quantitative estimate of drug-likeness (QED) is 0.564. The Hall–Kier alpha value is -1.26. The molecule has 0 aromatic carbocycles. The van der Waals surface area contributed by atoms with Crippen LogP contribution in [0.4, 0.5) is 4.79 Å². The summed E-state index contributed by atoms with van der Waals surface area (Å²) >= 11 is 0. The third kappa shape index (κ3) is 11.2. The smallest absolute Gasteiger partial charge is 0.407 e. The van der Waals surface area contributed by atoms with Crippen LogP contribution in [0.5, 0.6) is 0 Å². The molecule has 0 atom stereocenters. The van der Waals surface area contributed by atoms with Crippen molar-refractivity contribution in [1.82, 2.24) is 5.32 Å². The summed E-state index contributed by atoms with van der Waals surface area (Å²) in [6.45, 7) is 8.14. The van der Waals surface area contributed by atoms with Gasteiger partial charge in [0, 0.05) is 6.54 Å². The highest BCUT2D eigenvalue weighted by molar-refractivity contribution is 5.71. The predicted molar refractivity (Wildman–Crippen MR) is 69.3 cm³/mol. The van der Waals surface area contributed by atoms with E-state index in [1.807, 2.05) is 0 Å². The molecule has 1 N–H and O–H groups in total. The number of rotatable bonds is 7. The van der Waals surface area contributed by atoms with Crippen molar-refractivity contribution in [3.63, 3.8) is 0 Å². The van der Waals surface area contributed by atoms with Crippen LogP contribution in [0.25, 0.3) is 0 Å². The van der Waals surface area contributed by atoms with Gasteiger partial charge < -0.3 is 14.8 Å². The van der Waals surface area contributed by atoms with E-state index in [-0.39, 0.29) is 18.9 Å². The Bertz CT molecular complexity index is 258. The van der Waals surface area contributed by atoms with Crippen LogP contribution in [0.3, 0.4) is 0 Å². The number of carbonyl (C=O) groups excluding carboxylic acids is 2. The molecule has 0 spiro atoms. The summed E-state index contributed by atoms with van der Waals surface area (Å²) in [5.41, 5.74) is -0.523. The van der Waals surface area contributed by atoms with Crippen molar-refractivity contribution in [2.24, 2.45) is 0 Å². The molecule has 1 amide bonds. The third-order valence-electron chi connectivity index (χ3n) is 2.01. The summed E-state index contributed by atoms with van der Waals surface area (Å²) in [6, 6.07) is 0. The standard InChI is InChI=1S/C13H25NO4/c1-5-6-7-10-17-11(15)8-9-14-12(16)18-13(2,3)4/h5-10H2,1-4H3,(H,14,16). The van der Waals surface area contributed by atoms with Crippen molar-refractivity contribution in [2.75, 3.05) is 13.2 Å². The summed E-state index contributed by atoms with van der Waals surface area (Å²) in [7, 11) is 0. The topological polar surface area (TPSA) is 64.6 Å². The van der Waals surface area contributed by atoms with E-state index in [1.165, 1.54) is 0 Å². The highest BCUT2D eigenvalue weighted by Gasteiger charge is 2.15. The van der Waals surface area contributed by atoms with E-state index in [2.05, 4.69) is 12.2 Å². The van der Waals surface area contributed by atoms with E-state index in [1.54, 1.807) is 20.8 Å². The zero-order chi connectivity index (χ0) is 14.0. The van der Waals surface area contributed by atoms with Crippen LogP contribution >= 0.6 is 0 Å². The third-order valence-corrected chi connectivity index (χ3v) is 2.01. The van der Waals surface area contributed by atoms with E-state index in [9.17, 15) is 9.59 Å². The SMILES string of the molecule is CCCCCOC(=O)CCNC(=O)OC(C)(C)C. The Kier molecular flexibility index (Phi) is 8.16. The maximum atomic E-state index is 11.3. The van der Waals surface area contributed by atoms with Crippen LogP contribution in [0.1, 0.15) is 53.4 Å². The highest BCUT2D eigenvalue weighted by atomic mass is 16.6. The average Bonchev–Trinajstić information content (AvgIpc) is 2.22. The fourth-order valence-corrected chi connectivity index (χ4v) is 1.19. The van der Waals surface area contributed by atoms with Gasteiger partial charge in [-0.2, -0.15) is 0 Å². The molecule has 0 aromatic rings. The van der Waals surface area contributed by atoms with Crippen molar-refractivity contribution in [3.05, 3.63) is 0 Å². The van der Waals surface area contributed by atoms with Crippen LogP contribution in [0, 0.1) is 0 Å². The van der Waals surface area contributed by atoms with E-state index < -0.39 is 11.7 Å². The second-order valence-corrected chi connectivity index (χ2v) is 5.11. The molecule has 18 heavy (non-hydrogen) atoms. The van der Waals surface area contributed by atoms with Crippen LogP contribution in [0.2, 0.25) is 0 Å². The molecule has 0 fully saturated rings. The Balaban J connectivity index is 3.53. The summed E-state index contributed by atoms with van der Waals surface area (Å²) in [6.07, 6.45) is 2.70. The number of unbranched alkanes of at least 4 members (excludes halogenated alkanes) is 2. The average molecular weight is 259 g/mol. The molecule has 0 aromatic heterocycles. The lowest BCUT2D eigenvalue weighted by molar-refractivity contribution is -0.143. The van der Waals surface area contributed by atoms with Gasteiger partial charge in [-0.05, 0) is 27.2 Å². The molecule has 5 heteroatoms. The molecule has 0 saturated carbocycles. The molecule has 0 bridgehead atoms. The summed E-state index contributed by atoms with van der Waals surface area (Å²) in [5.74, 6) is -0.290. The van der Waals surface area contributed by atoms with Crippen LogP contribution in [0.15, 0.2) is 0 Å². The van der Waals surface area contributed by atoms with Gasteiger partial charge in [-0.1, -0.05) is 19.8 Å². The van der Waals surface area contributed by atoms with Gasteiger partial charge in [0.15, 0.2) is 0 Å². The molecule has 0 unspecified atom stereocenters. The molecule has 0 aliphatic heterocycles. The van der Waals surface area contributed by atoms with Gasteiger partial charge in [0.1, 0.15) is 5.60 Å². The molecule has 0 rings (SSSR count). The van der Waals surface area contributed by atoms with E-state index in [4.69, 9.17) is 9.47 Å². The number of carbonyl (C=O) groups is 2. The number of esters is 1. The van der Waals surface area contributed by atoms with E-state index in [0.29, 0.717) is 6.61 Å². The molecular formula is C13H25NO4. The van der Waals surface area contributed by atoms with Crippen molar-refractivity contribution in [3.8, 4) is 0 Å². The number of amides is 1. The fraction of sp³-hybridized carbons (Fsp3) is 0.846. The Morgan fingerprint density at radius 1 is 1.17 bits per heavy atom. The van der Waals surface area contributed by atoms with Gasteiger partial charge in [-0.25, -0.2) is 4.79 Å². The molecule has 5 nitrogen and oxygen atoms in total. The van der Waals surface area contributed by atoms with Gasteiger partial charge in [-0.3, -0.25) is 4.79 Å². The predicted octanol–water partition coefficient (Wildman–Crippen LogP) is 2.63. The first-order valence-electron chi connectivity index (χ1n) is 6.47. The van der Waals surface area contributed by atoms with Crippen molar-refractivity contribution >= 4 is 12.1 Å². The molecule has 0 radical (unpaired) electrons. The monoisotopic (exact) mass is 259 g/mol. The highest BCUT2D eigenvalue weighted by Crippen LogP contribution is 2.06. The van der Waals surface area contributed by atoms with Crippen molar-refractivity contribution in [2.45, 2.75) is 59.0 Å². The number of nitrogens with one attached hydrogen (secondary N) is 1. The summed E-state index contributed by atoms with van der Waals surface area (Å²) in [5, 5.41) is 2.51. The fourth-order valence-electron chi connectivity index (χ4n) is 1.19. The molecule has 0 aliphatic carbocycles. The number of hydrogen-bond acceptors (Lipinski definition) is 4. The number of ether oxygens (including phenoxy) is 2. The van der Waals surface area contributed by atoms with Crippen molar-refractivity contribution in [1.29, 1.82) is 0 Å². The Labute approximate surface area is 109 Å². The maximum Gasteiger partial charge on any atom is 0.407 e. The number of alkyl carbamates (subject to hydrolysis) is 1. The lowest BCUT2D eigenvalue weighted by Crippen LogP contribution is -2.33. The first kappa shape index (κ1) is 16.7. The largest absolute Gasteiger partial charge is 0.466 e. The molecule has 0 heterocycles. The van der Waals surface area contributed by atoms with Crippen LogP contribution in [-0.4, -0.2) is 30.8 Å². The zero-order valence-electron chi connectivity index (χ0n) is 11.9. The van der Waals surface area contributed by atoms with Crippen molar-refractivity contribution < 1.29 is 19.1 Å².